The van der Waals surface area contributed by atoms with Crippen molar-refractivity contribution in [2.45, 2.75) is 16.7 Å². The maximum atomic E-state index is 13.4. The van der Waals surface area contributed by atoms with Crippen LogP contribution in [0.4, 0.5) is 11.4 Å². The van der Waals surface area contributed by atoms with Crippen LogP contribution in [0.2, 0.25) is 5.02 Å². The molecule has 2 N–H and O–H groups in total. The number of ether oxygens (including phenoxy) is 2. The molecule has 0 unspecified atom stereocenters. The van der Waals surface area contributed by atoms with Crippen LogP contribution >= 0.6 is 11.6 Å². The zero-order valence-corrected chi connectivity index (χ0v) is 25.7. The van der Waals surface area contributed by atoms with E-state index in [1.54, 1.807) is 6.92 Å². The first kappa shape index (κ1) is 32.2. The first-order chi connectivity index (χ1) is 19.3. The summed E-state index contributed by atoms with van der Waals surface area (Å²) in [5.74, 6) is -0.274. The Balaban J connectivity index is 1.91. The molecule has 222 valence electrons. The van der Waals surface area contributed by atoms with Gasteiger partial charge in [-0.1, -0.05) is 18.5 Å². The lowest BCUT2D eigenvalue weighted by Gasteiger charge is -2.22. The summed E-state index contributed by atoms with van der Waals surface area (Å²) in [5.41, 5.74) is 0.179. The molecule has 0 spiro atoms. The van der Waals surface area contributed by atoms with Gasteiger partial charge in [0.15, 0.2) is 11.5 Å². The Hall–Kier alpha value is -3.36. The van der Waals surface area contributed by atoms with Crippen molar-refractivity contribution < 1.29 is 31.1 Å². The second-order valence-electron chi connectivity index (χ2n) is 9.09. The van der Waals surface area contributed by atoms with Crippen molar-refractivity contribution in [1.82, 2.24) is 9.21 Å². The minimum atomic E-state index is -4.11. The number of hydrogen-bond acceptors (Lipinski definition) is 8. The van der Waals surface area contributed by atoms with Gasteiger partial charge >= 0.3 is 0 Å². The Morgan fingerprint density at radius 3 is 1.95 bits per heavy atom. The van der Waals surface area contributed by atoms with Gasteiger partial charge in [0.2, 0.25) is 10.0 Å². The summed E-state index contributed by atoms with van der Waals surface area (Å²) in [5, 5.41) is 3.05. The van der Waals surface area contributed by atoms with Crippen LogP contribution in [0.3, 0.4) is 0 Å². The van der Waals surface area contributed by atoms with Crippen molar-refractivity contribution in [3.8, 4) is 11.5 Å². The summed E-state index contributed by atoms with van der Waals surface area (Å²) in [6.07, 6.45) is 0. The maximum Gasteiger partial charge on any atom is 0.261 e. The molecule has 3 rings (SSSR count). The first-order valence-corrected chi connectivity index (χ1v) is 15.7. The van der Waals surface area contributed by atoms with Gasteiger partial charge in [-0.25, -0.2) is 16.8 Å². The van der Waals surface area contributed by atoms with Crippen LogP contribution in [0, 0.1) is 0 Å². The third-order valence-electron chi connectivity index (χ3n) is 6.04. The monoisotopic (exact) mass is 624 g/mol. The number of nitrogens with one attached hydrogen (secondary N) is 2. The molecule has 3 aromatic rings. The van der Waals surface area contributed by atoms with Crippen molar-refractivity contribution in [2.75, 3.05) is 58.0 Å². The molecule has 0 aliphatic rings. The van der Waals surface area contributed by atoms with Gasteiger partial charge in [-0.2, -0.15) is 4.31 Å². The second kappa shape index (κ2) is 13.5. The minimum absolute atomic E-state index is 0.0577. The maximum absolute atomic E-state index is 13.4. The van der Waals surface area contributed by atoms with Gasteiger partial charge in [0.1, 0.15) is 0 Å². The molecule has 0 heterocycles. The lowest BCUT2D eigenvalue weighted by Crippen LogP contribution is -2.36. The van der Waals surface area contributed by atoms with Crippen LogP contribution in [0.5, 0.6) is 11.5 Å². The molecule has 0 saturated carbocycles. The van der Waals surface area contributed by atoms with E-state index in [-0.39, 0.29) is 32.5 Å². The summed E-state index contributed by atoms with van der Waals surface area (Å²) in [7, 11) is -1.35. The fourth-order valence-electron chi connectivity index (χ4n) is 3.79. The largest absolute Gasteiger partial charge is 0.493 e. The molecule has 0 radical (unpaired) electrons. The molecule has 11 nitrogen and oxygen atoms in total. The quantitative estimate of drug-likeness (QED) is 0.292. The Morgan fingerprint density at radius 2 is 1.41 bits per heavy atom. The predicted octanol–water partition coefficient (Wildman–Crippen LogP) is 3.98. The van der Waals surface area contributed by atoms with Crippen LogP contribution in [0.15, 0.2) is 70.5 Å². The third kappa shape index (κ3) is 7.89. The normalized spacial score (nSPS) is 11.9. The predicted molar refractivity (Wildman–Crippen MR) is 159 cm³/mol. The zero-order valence-electron chi connectivity index (χ0n) is 23.3. The topological polar surface area (TPSA) is 134 Å². The smallest absolute Gasteiger partial charge is 0.261 e. The summed E-state index contributed by atoms with van der Waals surface area (Å²) in [6, 6.07) is 14.0. The molecule has 41 heavy (non-hydrogen) atoms. The molecule has 1 amide bonds. The number of anilines is 2. The first-order valence-electron chi connectivity index (χ1n) is 12.4. The van der Waals surface area contributed by atoms with Crippen molar-refractivity contribution >= 4 is 48.9 Å². The van der Waals surface area contributed by atoms with Gasteiger partial charge in [-0.3, -0.25) is 9.52 Å². The molecule has 0 fully saturated rings. The van der Waals surface area contributed by atoms with Crippen LogP contribution in [-0.4, -0.2) is 79.9 Å². The van der Waals surface area contributed by atoms with E-state index in [9.17, 15) is 21.6 Å². The molecule has 0 aliphatic heterocycles. The zero-order chi connectivity index (χ0) is 30.4. The van der Waals surface area contributed by atoms with Crippen molar-refractivity contribution in [1.29, 1.82) is 0 Å². The van der Waals surface area contributed by atoms with Crippen LogP contribution in [0.1, 0.15) is 17.3 Å². The van der Waals surface area contributed by atoms with Crippen LogP contribution in [-0.2, 0) is 20.0 Å². The average molecular weight is 625 g/mol. The van der Waals surface area contributed by atoms with E-state index in [1.165, 1.54) is 79.2 Å². The Bertz CT molecular complexity index is 1580. The summed E-state index contributed by atoms with van der Waals surface area (Å²) < 4.78 is 66.8. The standard InChI is InChI=1S/C27H33ClN4O7S2/c1-6-32(16-15-31(2)3)41(36,37)22-13-9-20(10-14-22)29-27(33)23-17-25(38-4)26(39-5)18-24(23)30-40(34,35)21-11-7-19(28)8-12-21/h7-14,17-18,30H,6,15-16H2,1-5H3,(H,29,33). The number of sulfonamides is 2. The van der Waals surface area contributed by atoms with E-state index in [4.69, 9.17) is 21.1 Å². The molecule has 3 aromatic carbocycles. The Kier molecular flexibility index (Phi) is 10.6. The lowest BCUT2D eigenvalue weighted by atomic mass is 10.1. The third-order valence-corrected chi connectivity index (χ3v) is 9.66. The second-order valence-corrected chi connectivity index (χ2v) is 13.1. The lowest BCUT2D eigenvalue weighted by molar-refractivity contribution is 0.102. The fourth-order valence-corrected chi connectivity index (χ4v) is 6.42. The number of benzene rings is 3. The highest BCUT2D eigenvalue weighted by atomic mass is 35.5. The number of methoxy groups -OCH3 is 2. The van der Waals surface area contributed by atoms with E-state index in [1.807, 2.05) is 19.0 Å². The van der Waals surface area contributed by atoms with Crippen molar-refractivity contribution in [2.24, 2.45) is 0 Å². The molecule has 0 bridgehead atoms. The number of hydrogen-bond donors (Lipinski definition) is 2. The van der Waals surface area contributed by atoms with Crippen molar-refractivity contribution in [3.05, 3.63) is 71.2 Å². The molecule has 0 aliphatic carbocycles. The highest BCUT2D eigenvalue weighted by Crippen LogP contribution is 2.35. The molecular formula is C27H33ClN4O7S2. The number of amides is 1. The SMILES string of the molecule is CCN(CCN(C)C)S(=O)(=O)c1ccc(NC(=O)c2cc(OC)c(OC)cc2NS(=O)(=O)c2ccc(Cl)cc2)cc1. The highest BCUT2D eigenvalue weighted by Gasteiger charge is 2.24. The number of halogens is 1. The number of carbonyl (C=O) groups excluding carboxylic acids is 1. The van der Waals surface area contributed by atoms with Gasteiger partial charge in [-0.05, 0) is 68.7 Å². The van der Waals surface area contributed by atoms with Gasteiger partial charge in [0, 0.05) is 36.4 Å². The van der Waals surface area contributed by atoms with E-state index in [0.29, 0.717) is 30.3 Å². The van der Waals surface area contributed by atoms with Gasteiger partial charge < -0.3 is 19.7 Å². The van der Waals surface area contributed by atoms with E-state index in [0.717, 1.165) is 0 Å². The molecule has 0 aromatic heterocycles. The molecule has 0 atom stereocenters. The number of likely N-dealkylation sites (N-methyl/N-ethyl adjacent to an activating group) is 2. The molecule has 0 saturated heterocycles. The number of nitrogens with zero attached hydrogens (tertiary/aromatic N) is 2. The van der Waals surface area contributed by atoms with Gasteiger partial charge in [-0.15, -0.1) is 0 Å². The van der Waals surface area contributed by atoms with E-state index < -0.39 is 26.0 Å². The van der Waals surface area contributed by atoms with E-state index in [2.05, 4.69) is 10.0 Å². The number of carbonyl (C=O) groups is 1. The van der Waals surface area contributed by atoms with Crippen LogP contribution < -0.4 is 19.5 Å². The fraction of sp³-hybridized carbons (Fsp3) is 0.296. The summed E-state index contributed by atoms with van der Waals surface area (Å²) in [6.45, 7) is 2.97. The van der Waals surface area contributed by atoms with Crippen molar-refractivity contribution in [3.63, 3.8) is 0 Å². The van der Waals surface area contributed by atoms with E-state index >= 15 is 0 Å². The highest BCUT2D eigenvalue weighted by molar-refractivity contribution is 7.92. The Labute approximate surface area is 246 Å². The molecule has 14 heteroatoms. The average Bonchev–Trinajstić information content (AvgIpc) is 2.93. The number of rotatable bonds is 13. The summed E-state index contributed by atoms with van der Waals surface area (Å²) in [4.78, 5) is 15.3. The minimum Gasteiger partial charge on any atom is -0.493 e. The Morgan fingerprint density at radius 1 is 0.854 bits per heavy atom. The molecular weight excluding hydrogens is 592 g/mol. The van der Waals surface area contributed by atoms with Gasteiger partial charge in [0.25, 0.3) is 15.9 Å². The summed E-state index contributed by atoms with van der Waals surface area (Å²) >= 11 is 5.89. The van der Waals surface area contributed by atoms with Gasteiger partial charge in [0.05, 0.1) is 35.3 Å². The van der Waals surface area contributed by atoms with Crippen LogP contribution in [0.25, 0.3) is 0 Å².